The molecule has 2 heterocycles. The number of nitrogens with one attached hydrogen (secondary N) is 2. The Morgan fingerprint density at radius 2 is 1.85 bits per heavy atom. The van der Waals surface area contributed by atoms with Gasteiger partial charge in [0.25, 0.3) is 15.9 Å². The van der Waals surface area contributed by atoms with Crippen molar-refractivity contribution in [2.75, 3.05) is 44.0 Å². The van der Waals surface area contributed by atoms with Crippen molar-refractivity contribution in [1.29, 1.82) is 0 Å². The second kappa shape index (κ2) is 16.2. The number of para-hydroxylation sites is 1. The largest absolute Gasteiger partial charge is 0.490 e. The van der Waals surface area contributed by atoms with E-state index in [-0.39, 0.29) is 42.3 Å². The minimum atomic E-state index is -3.88. The molecule has 14 heteroatoms. The third-order valence-electron chi connectivity index (χ3n) is 8.13. The molecule has 2 aromatic carbocycles. The lowest BCUT2D eigenvalue weighted by Gasteiger charge is -2.35. The van der Waals surface area contributed by atoms with Crippen molar-refractivity contribution in [3.8, 4) is 5.75 Å². The number of nitrogens with zero attached hydrogens (tertiary/aromatic N) is 4. The number of sulfonamides is 1. The number of hydrogen-bond donors (Lipinski definition) is 3. The smallest absolute Gasteiger partial charge is 0.323 e. The van der Waals surface area contributed by atoms with E-state index >= 15 is 0 Å². The van der Waals surface area contributed by atoms with Crippen LogP contribution in [0.2, 0.25) is 0 Å². The van der Waals surface area contributed by atoms with Gasteiger partial charge in [-0.2, -0.15) is 4.31 Å². The van der Waals surface area contributed by atoms with Crippen LogP contribution in [0.3, 0.4) is 0 Å². The lowest BCUT2D eigenvalue weighted by molar-refractivity contribution is -0.00835. The number of fused-ring (bicyclic) bond motifs is 1. The van der Waals surface area contributed by atoms with Crippen LogP contribution in [0.4, 0.5) is 16.2 Å². The molecule has 0 spiro atoms. The molecule has 13 nitrogen and oxygen atoms in total. The first-order valence-electron chi connectivity index (χ1n) is 15.8. The molecular weight excluding hydrogens is 624 g/mol. The number of amides is 3. The fourth-order valence-corrected chi connectivity index (χ4v) is 6.45. The fourth-order valence-electron chi connectivity index (χ4n) is 5.31. The SMILES string of the molecule is C[C@@H]1CN([C@H](C)CO)C(=O)c2cc(NC(=O)Nc3ccccc3)ccc2O[C@@H](C)CCCCO[C@H]1CN(C)S(=O)(=O)c1cn(C)cn1. The molecule has 0 saturated carbocycles. The van der Waals surface area contributed by atoms with Crippen LogP contribution < -0.4 is 15.4 Å². The Labute approximate surface area is 276 Å². The number of likely N-dealkylation sites (N-methyl/N-ethyl adjacent to an activating group) is 1. The molecule has 0 fully saturated rings. The molecule has 47 heavy (non-hydrogen) atoms. The highest BCUT2D eigenvalue weighted by Gasteiger charge is 2.33. The normalized spacial score (nSPS) is 20.5. The quantitative estimate of drug-likeness (QED) is 0.323. The minimum absolute atomic E-state index is 0.0380. The van der Waals surface area contributed by atoms with Gasteiger partial charge in [-0.25, -0.2) is 18.2 Å². The first kappa shape index (κ1) is 35.9. The van der Waals surface area contributed by atoms with E-state index in [4.69, 9.17) is 9.47 Å². The van der Waals surface area contributed by atoms with Gasteiger partial charge < -0.3 is 34.7 Å². The topological polar surface area (TPSA) is 155 Å². The van der Waals surface area contributed by atoms with Gasteiger partial charge in [-0.15, -0.1) is 0 Å². The summed E-state index contributed by atoms with van der Waals surface area (Å²) in [4.78, 5) is 32.6. The predicted molar refractivity (Wildman–Crippen MR) is 179 cm³/mol. The van der Waals surface area contributed by atoms with Crippen molar-refractivity contribution in [2.24, 2.45) is 13.0 Å². The summed E-state index contributed by atoms with van der Waals surface area (Å²) in [6.45, 7) is 5.85. The maximum atomic E-state index is 14.3. The summed E-state index contributed by atoms with van der Waals surface area (Å²) in [6, 6.07) is 12.9. The Bertz CT molecular complexity index is 1600. The number of aliphatic hydroxyl groups is 1. The minimum Gasteiger partial charge on any atom is -0.490 e. The van der Waals surface area contributed by atoms with Crippen LogP contribution >= 0.6 is 0 Å². The molecule has 0 bridgehead atoms. The molecule has 3 amide bonds. The molecular formula is C33H46N6O7S. The van der Waals surface area contributed by atoms with E-state index in [1.165, 1.54) is 23.9 Å². The molecule has 0 aliphatic carbocycles. The number of carbonyl (C=O) groups excluding carboxylic acids is 2. The van der Waals surface area contributed by atoms with Gasteiger partial charge >= 0.3 is 6.03 Å². The van der Waals surface area contributed by atoms with Gasteiger partial charge in [0.1, 0.15) is 5.75 Å². The number of ether oxygens (including phenoxy) is 2. The molecule has 0 radical (unpaired) electrons. The number of aliphatic hydroxyl groups excluding tert-OH is 1. The van der Waals surface area contributed by atoms with Gasteiger partial charge in [0.05, 0.1) is 36.7 Å². The molecule has 3 aromatic rings. The molecule has 4 rings (SSSR count). The Morgan fingerprint density at radius 3 is 2.53 bits per heavy atom. The number of imidazole rings is 1. The average molecular weight is 671 g/mol. The van der Waals surface area contributed by atoms with Gasteiger partial charge in [0.2, 0.25) is 0 Å². The average Bonchev–Trinajstić information content (AvgIpc) is 3.49. The van der Waals surface area contributed by atoms with E-state index in [0.29, 0.717) is 30.2 Å². The number of aryl methyl sites for hydroxylation is 1. The van der Waals surface area contributed by atoms with Crippen LogP contribution in [0.5, 0.6) is 5.75 Å². The van der Waals surface area contributed by atoms with E-state index < -0.39 is 34.1 Å². The second-order valence-electron chi connectivity index (χ2n) is 12.1. The zero-order valence-electron chi connectivity index (χ0n) is 27.6. The highest BCUT2D eigenvalue weighted by molar-refractivity contribution is 7.89. The van der Waals surface area contributed by atoms with E-state index in [1.54, 1.807) is 53.8 Å². The zero-order chi connectivity index (χ0) is 34.1. The first-order valence-corrected chi connectivity index (χ1v) is 17.2. The predicted octanol–water partition coefficient (Wildman–Crippen LogP) is 4.18. The summed E-state index contributed by atoms with van der Waals surface area (Å²) in [5.41, 5.74) is 1.23. The van der Waals surface area contributed by atoms with Gasteiger partial charge in [-0.05, 0) is 63.4 Å². The standard InChI is InChI=1S/C33H46N6O7S/c1-23-18-39(24(2)21-40)32(41)28-17-27(36-33(42)35-26-12-7-6-8-13-26)14-15-29(28)46-25(3)11-9-10-16-45-30(23)19-38(5)47(43,44)31-20-37(4)22-34-31/h6-8,12-15,17,20,22-25,30,40H,9-11,16,18-19,21H2,1-5H3,(H2,35,36,42)/t23-,24-,25+,30+/m1/s1. The van der Waals surface area contributed by atoms with Crippen LogP contribution in [-0.2, 0) is 21.8 Å². The molecule has 0 saturated heterocycles. The van der Waals surface area contributed by atoms with Crippen LogP contribution in [0, 0.1) is 5.92 Å². The molecule has 1 aliphatic rings. The van der Waals surface area contributed by atoms with Gasteiger partial charge in [0.15, 0.2) is 5.03 Å². The second-order valence-corrected chi connectivity index (χ2v) is 14.1. The highest BCUT2D eigenvalue weighted by Crippen LogP contribution is 2.29. The van der Waals surface area contributed by atoms with Crippen molar-refractivity contribution in [1.82, 2.24) is 18.8 Å². The number of carbonyl (C=O) groups is 2. The Kier molecular flexibility index (Phi) is 12.4. The van der Waals surface area contributed by atoms with E-state index in [9.17, 15) is 23.1 Å². The molecule has 256 valence electrons. The maximum absolute atomic E-state index is 14.3. The number of hydrogen-bond acceptors (Lipinski definition) is 8. The Hall–Kier alpha value is -3.98. The molecule has 0 unspecified atom stereocenters. The third-order valence-corrected chi connectivity index (χ3v) is 9.84. The summed E-state index contributed by atoms with van der Waals surface area (Å²) in [5, 5.41) is 15.7. The summed E-state index contributed by atoms with van der Waals surface area (Å²) >= 11 is 0. The van der Waals surface area contributed by atoms with Crippen LogP contribution in [0.25, 0.3) is 0 Å². The van der Waals surface area contributed by atoms with E-state index in [0.717, 1.165) is 12.8 Å². The van der Waals surface area contributed by atoms with Gasteiger partial charge in [0, 0.05) is 57.3 Å². The van der Waals surface area contributed by atoms with Crippen LogP contribution in [0.1, 0.15) is 50.4 Å². The summed E-state index contributed by atoms with van der Waals surface area (Å²) in [6.07, 6.45) is 4.31. The van der Waals surface area contributed by atoms with Gasteiger partial charge in [-0.3, -0.25) is 4.79 Å². The third kappa shape index (κ3) is 9.53. The molecule has 4 atom stereocenters. The highest BCUT2D eigenvalue weighted by atomic mass is 32.2. The lowest BCUT2D eigenvalue weighted by atomic mass is 10.0. The van der Waals surface area contributed by atoms with Crippen molar-refractivity contribution < 1.29 is 32.6 Å². The van der Waals surface area contributed by atoms with E-state index in [1.807, 2.05) is 32.0 Å². The molecule has 1 aliphatic heterocycles. The van der Waals surface area contributed by atoms with Gasteiger partial charge in [-0.1, -0.05) is 25.1 Å². The van der Waals surface area contributed by atoms with Crippen LogP contribution in [-0.4, -0.2) is 95.8 Å². The first-order chi connectivity index (χ1) is 22.4. The number of urea groups is 1. The number of benzene rings is 2. The zero-order valence-corrected chi connectivity index (χ0v) is 28.4. The lowest BCUT2D eigenvalue weighted by Crippen LogP contribution is -2.48. The van der Waals surface area contributed by atoms with Crippen molar-refractivity contribution >= 4 is 33.3 Å². The molecule has 1 aromatic heterocycles. The van der Waals surface area contributed by atoms with E-state index in [2.05, 4.69) is 15.6 Å². The number of rotatable bonds is 8. The summed E-state index contributed by atoms with van der Waals surface area (Å²) in [5.74, 6) is -0.373. The summed E-state index contributed by atoms with van der Waals surface area (Å²) < 4.78 is 41.9. The number of anilines is 2. The summed E-state index contributed by atoms with van der Waals surface area (Å²) in [7, 11) is -0.696. The molecule has 3 N–H and O–H groups in total. The Balaban J connectivity index is 1.62. The maximum Gasteiger partial charge on any atom is 0.323 e. The Morgan fingerprint density at radius 1 is 1.13 bits per heavy atom. The van der Waals surface area contributed by atoms with Crippen molar-refractivity contribution in [3.63, 3.8) is 0 Å². The fraction of sp³-hybridized carbons (Fsp3) is 0.485. The number of aromatic nitrogens is 2. The monoisotopic (exact) mass is 670 g/mol. The van der Waals surface area contributed by atoms with Crippen molar-refractivity contribution in [2.45, 2.75) is 63.3 Å². The van der Waals surface area contributed by atoms with Crippen LogP contribution in [0.15, 0.2) is 66.1 Å². The van der Waals surface area contributed by atoms with Crippen molar-refractivity contribution in [3.05, 3.63) is 66.6 Å².